The van der Waals surface area contributed by atoms with Gasteiger partial charge in [0.25, 0.3) is 5.91 Å². The second-order valence-electron chi connectivity index (χ2n) is 8.65. The van der Waals surface area contributed by atoms with Gasteiger partial charge in [-0.15, -0.1) is 0 Å². The van der Waals surface area contributed by atoms with Gasteiger partial charge in [-0.1, -0.05) is 36.4 Å². The van der Waals surface area contributed by atoms with Crippen LogP contribution in [-0.4, -0.2) is 45.8 Å². The van der Waals surface area contributed by atoms with Crippen molar-refractivity contribution in [1.82, 2.24) is 14.7 Å². The number of carbonyl (C=O) groups excluding carboxylic acids is 2. The van der Waals surface area contributed by atoms with Crippen molar-refractivity contribution in [2.45, 2.75) is 32.7 Å². The summed E-state index contributed by atoms with van der Waals surface area (Å²) in [5.41, 5.74) is 3.39. The predicted molar refractivity (Wildman–Crippen MR) is 132 cm³/mol. The van der Waals surface area contributed by atoms with Crippen LogP contribution in [0.15, 0.2) is 72.8 Å². The molecule has 1 aliphatic rings. The van der Waals surface area contributed by atoms with Crippen LogP contribution in [0.3, 0.4) is 0 Å². The number of benzene rings is 3. The molecule has 172 valence electrons. The van der Waals surface area contributed by atoms with Gasteiger partial charge in [-0.2, -0.15) is 5.10 Å². The van der Waals surface area contributed by atoms with E-state index in [0.717, 1.165) is 47.1 Å². The van der Waals surface area contributed by atoms with Crippen molar-refractivity contribution in [2.24, 2.45) is 0 Å². The van der Waals surface area contributed by atoms with Gasteiger partial charge < -0.3 is 9.64 Å². The molecule has 4 aromatic rings. The molecule has 0 aliphatic carbocycles. The smallest absolute Gasteiger partial charge is 0.358 e. The van der Waals surface area contributed by atoms with Crippen molar-refractivity contribution in [2.75, 3.05) is 13.2 Å². The van der Waals surface area contributed by atoms with Crippen LogP contribution >= 0.6 is 0 Å². The zero-order chi connectivity index (χ0) is 23.7. The Labute approximate surface area is 198 Å². The maximum absolute atomic E-state index is 12.9. The summed E-state index contributed by atoms with van der Waals surface area (Å²) in [5.74, 6) is -0.405. The average molecular weight is 454 g/mol. The lowest BCUT2D eigenvalue weighted by molar-refractivity contribution is 0.0518. The molecule has 1 saturated heterocycles. The minimum atomic E-state index is -0.460. The van der Waals surface area contributed by atoms with Crippen LogP contribution in [0.4, 0.5) is 0 Å². The average Bonchev–Trinajstić information content (AvgIpc) is 3.50. The summed E-state index contributed by atoms with van der Waals surface area (Å²) in [5, 5.41) is 6.81. The van der Waals surface area contributed by atoms with Gasteiger partial charge in [-0.25, -0.2) is 9.48 Å². The number of carbonyl (C=O) groups is 2. The van der Waals surface area contributed by atoms with Gasteiger partial charge in [0.1, 0.15) is 0 Å². The first-order chi connectivity index (χ1) is 16.5. The Bertz CT molecular complexity index is 1360. The number of aromatic nitrogens is 2. The number of nitrogens with zero attached hydrogens (tertiary/aromatic N) is 3. The number of ether oxygens (including phenoxy) is 1. The summed E-state index contributed by atoms with van der Waals surface area (Å²) >= 11 is 0. The Kier molecular flexibility index (Phi) is 5.88. The Balaban J connectivity index is 1.54. The fourth-order valence-corrected chi connectivity index (χ4v) is 4.58. The third-order valence-corrected chi connectivity index (χ3v) is 6.41. The molecule has 5 rings (SSSR count). The Morgan fingerprint density at radius 2 is 1.76 bits per heavy atom. The predicted octanol–water partition coefficient (Wildman–Crippen LogP) is 5.49. The number of esters is 1. The van der Waals surface area contributed by atoms with E-state index in [9.17, 15) is 9.59 Å². The molecule has 6 nitrogen and oxygen atoms in total. The van der Waals surface area contributed by atoms with Crippen LogP contribution in [0.2, 0.25) is 0 Å². The topological polar surface area (TPSA) is 64.4 Å². The molecule has 1 atom stereocenters. The molecule has 0 N–H and O–H groups in total. The second kappa shape index (κ2) is 9.14. The van der Waals surface area contributed by atoms with Crippen LogP contribution in [0.25, 0.3) is 27.7 Å². The third kappa shape index (κ3) is 4.07. The largest absolute Gasteiger partial charge is 0.461 e. The van der Waals surface area contributed by atoms with Gasteiger partial charge in [-0.05, 0) is 73.9 Å². The molecule has 1 amide bonds. The van der Waals surface area contributed by atoms with E-state index < -0.39 is 5.97 Å². The molecule has 34 heavy (non-hydrogen) atoms. The minimum Gasteiger partial charge on any atom is -0.461 e. The highest BCUT2D eigenvalue weighted by Gasteiger charge is 2.26. The van der Waals surface area contributed by atoms with Gasteiger partial charge in [0, 0.05) is 23.7 Å². The molecule has 2 heterocycles. The molecule has 1 aromatic heterocycles. The molecule has 0 unspecified atom stereocenters. The van der Waals surface area contributed by atoms with Crippen LogP contribution in [-0.2, 0) is 4.74 Å². The fourth-order valence-electron chi connectivity index (χ4n) is 4.58. The maximum atomic E-state index is 12.9. The maximum Gasteiger partial charge on any atom is 0.358 e. The first kappa shape index (κ1) is 21.9. The van der Waals surface area contributed by atoms with Gasteiger partial charge in [0.05, 0.1) is 18.0 Å². The number of amides is 1. The molecule has 0 bridgehead atoms. The summed E-state index contributed by atoms with van der Waals surface area (Å²) in [4.78, 5) is 27.3. The molecular formula is C28H27N3O3. The Morgan fingerprint density at radius 3 is 2.47 bits per heavy atom. The molecule has 3 aromatic carbocycles. The van der Waals surface area contributed by atoms with E-state index in [2.05, 4.69) is 36.3 Å². The first-order valence-electron chi connectivity index (χ1n) is 11.7. The molecule has 6 heteroatoms. The van der Waals surface area contributed by atoms with Crippen molar-refractivity contribution >= 4 is 22.6 Å². The summed E-state index contributed by atoms with van der Waals surface area (Å²) in [6.45, 7) is 4.95. The van der Waals surface area contributed by atoms with Gasteiger partial charge in [0.15, 0.2) is 5.69 Å². The summed E-state index contributed by atoms with van der Waals surface area (Å²) in [7, 11) is 0. The van der Waals surface area contributed by atoms with Gasteiger partial charge >= 0.3 is 5.97 Å². The van der Waals surface area contributed by atoms with Crippen molar-refractivity contribution in [3.8, 4) is 16.9 Å². The zero-order valence-corrected chi connectivity index (χ0v) is 19.4. The zero-order valence-electron chi connectivity index (χ0n) is 19.4. The van der Waals surface area contributed by atoms with Gasteiger partial charge in [0.2, 0.25) is 0 Å². The lowest BCUT2D eigenvalue weighted by Crippen LogP contribution is -2.33. The second-order valence-corrected chi connectivity index (χ2v) is 8.65. The molecule has 0 radical (unpaired) electrons. The number of fused-ring (bicyclic) bond motifs is 1. The summed E-state index contributed by atoms with van der Waals surface area (Å²) < 4.78 is 6.93. The molecule has 1 aliphatic heterocycles. The molecule has 0 spiro atoms. The van der Waals surface area contributed by atoms with Crippen LogP contribution in [0.1, 0.15) is 47.5 Å². The molecular weight excluding hydrogens is 426 g/mol. The highest BCUT2D eigenvalue weighted by Crippen LogP contribution is 2.28. The van der Waals surface area contributed by atoms with Crippen LogP contribution in [0.5, 0.6) is 0 Å². The third-order valence-electron chi connectivity index (χ3n) is 6.41. The number of hydrogen-bond donors (Lipinski definition) is 0. The normalized spacial score (nSPS) is 15.6. The van der Waals surface area contributed by atoms with Gasteiger partial charge in [-0.3, -0.25) is 4.79 Å². The first-order valence-corrected chi connectivity index (χ1v) is 11.7. The van der Waals surface area contributed by atoms with E-state index in [-0.39, 0.29) is 24.2 Å². The van der Waals surface area contributed by atoms with E-state index in [1.54, 1.807) is 17.7 Å². The standard InChI is InChI=1S/C28H27N3O3/c1-3-34-28(33)25-18-26(23-11-10-20-8-4-5-9-22(20)17-23)31(29-25)24-14-12-21(13-15-24)27(32)30-16-6-7-19(30)2/h4-5,8-15,17-19H,3,6-7,16H2,1-2H3/t19-/m0/s1. The lowest BCUT2D eigenvalue weighted by Gasteiger charge is -2.21. The van der Waals surface area contributed by atoms with E-state index in [4.69, 9.17) is 4.74 Å². The highest BCUT2D eigenvalue weighted by atomic mass is 16.5. The van der Waals surface area contributed by atoms with E-state index >= 15 is 0 Å². The molecule has 1 fully saturated rings. The van der Waals surface area contributed by atoms with E-state index in [1.165, 1.54) is 0 Å². The quantitative estimate of drug-likeness (QED) is 0.375. The van der Waals surface area contributed by atoms with E-state index in [1.807, 2.05) is 47.4 Å². The number of hydrogen-bond acceptors (Lipinski definition) is 4. The monoisotopic (exact) mass is 453 g/mol. The molecule has 0 saturated carbocycles. The Morgan fingerprint density at radius 1 is 1.00 bits per heavy atom. The summed E-state index contributed by atoms with van der Waals surface area (Å²) in [6, 6.07) is 23.8. The number of likely N-dealkylation sites (tertiary alicyclic amines) is 1. The highest BCUT2D eigenvalue weighted by molar-refractivity contribution is 5.95. The van der Waals surface area contributed by atoms with Crippen molar-refractivity contribution < 1.29 is 14.3 Å². The van der Waals surface area contributed by atoms with Crippen LogP contribution < -0.4 is 0 Å². The SMILES string of the molecule is CCOC(=O)c1cc(-c2ccc3ccccc3c2)n(-c2ccc(C(=O)N3CCC[C@@H]3C)cc2)n1. The lowest BCUT2D eigenvalue weighted by atomic mass is 10.0. The van der Waals surface area contributed by atoms with Crippen molar-refractivity contribution in [1.29, 1.82) is 0 Å². The minimum absolute atomic E-state index is 0.0546. The Hall–Kier alpha value is -3.93. The van der Waals surface area contributed by atoms with E-state index in [0.29, 0.717) is 5.56 Å². The number of rotatable bonds is 5. The van der Waals surface area contributed by atoms with Crippen molar-refractivity contribution in [3.05, 3.63) is 84.1 Å². The fraction of sp³-hybridized carbons (Fsp3) is 0.250. The summed E-state index contributed by atoms with van der Waals surface area (Å²) in [6.07, 6.45) is 2.09. The van der Waals surface area contributed by atoms with Crippen molar-refractivity contribution in [3.63, 3.8) is 0 Å². The van der Waals surface area contributed by atoms with Crippen LogP contribution in [0, 0.1) is 0 Å².